The van der Waals surface area contributed by atoms with Crippen LogP contribution < -0.4 is 0 Å². The molecule has 0 N–H and O–H groups in total. The van der Waals surface area contributed by atoms with E-state index in [1.165, 1.54) is 128 Å². The molecule has 1 amide bonds. The molecule has 0 atom stereocenters. The molecule has 0 unspecified atom stereocenters. The Morgan fingerprint density at radius 2 is 1.15 bits per heavy atom. The lowest BCUT2D eigenvalue weighted by molar-refractivity contribution is -0.147. The molecule has 0 spiro atoms. The topological polar surface area (TPSA) is 46.6 Å². The van der Waals surface area contributed by atoms with E-state index in [1.807, 2.05) is 24.8 Å². The van der Waals surface area contributed by atoms with Crippen LogP contribution in [0.4, 0.5) is 0 Å². The minimum absolute atomic E-state index is 0.0280. The van der Waals surface area contributed by atoms with Gasteiger partial charge in [-0.15, -0.1) is 0 Å². The van der Waals surface area contributed by atoms with Crippen molar-refractivity contribution in [2.24, 2.45) is 0 Å². The van der Waals surface area contributed by atoms with Crippen LogP contribution in [0.3, 0.4) is 0 Å². The SMILES string of the molecule is CCCCCCCCCCCCCC(=O)OC(C)C.CCCCCCCCCCCCN1CCCC=CC1=O. The minimum atomic E-state index is -0.0362. The van der Waals surface area contributed by atoms with Crippen LogP contribution >= 0.6 is 0 Å². The monoisotopic (exact) mass is 550 g/mol. The molecule has 4 nitrogen and oxygen atoms in total. The van der Waals surface area contributed by atoms with Crippen LogP contribution in [-0.4, -0.2) is 36.0 Å². The van der Waals surface area contributed by atoms with Gasteiger partial charge in [-0.05, 0) is 45.6 Å². The summed E-state index contributed by atoms with van der Waals surface area (Å²) in [6.45, 7) is 10.2. The summed E-state index contributed by atoms with van der Waals surface area (Å²) < 4.78 is 5.10. The smallest absolute Gasteiger partial charge is 0.306 e. The first-order chi connectivity index (χ1) is 19.0. The number of hydrogen-bond donors (Lipinski definition) is 0. The molecule has 0 aromatic heterocycles. The van der Waals surface area contributed by atoms with Crippen molar-refractivity contribution >= 4 is 11.9 Å². The summed E-state index contributed by atoms with van der Waals surface area (Å²) in [4.78, 5) is 25.1. The van der Waals surface area contributed by atoms with Gasteiger partial charge in [-0.1, -0.05) is 142 Å². The number of rotatable bonds is 24. The van der Waals surface area contributed by atoms with Crippen molar-refractivity contribution in [1.29, 1.82) is 0 Å². The molecule has 0 saturated carbocycles. The Morgan fingerprint density at radius 3 is 1.62 bits per heavy atom. The van der Waals surface area contributed by atoms with Gasteiger partial charge in [-0.25, -0.2) is 0 Å². The van der Waals surface area contributed by atoms with Gasteiger partial charge in [0.15, 0.2) is 0 Å². The molecule has 1 aliphatic heterocycles. The number of esters is 1. The van der Waals surface area contributed by atoms with E-state index in [0.29, 0.717) is 6.42 Å². The summed E-state index contributed by atoms with van der Waals surface area (Å²) in [6, 6.07) is 0. The summed E-state index contributed by atoms with van der Waals surface area (Å²) in [7, 11) is 0. The first-order valence-corrected chi connectivity index (χ1v) is 17.2. The van der Waals surface area contributed by atoms with Crippen molar-refractivity contribution in [3.8, 4) is 0 Å². The van der Waals surface area contributed by atoms with Gasteiger partial charge >= 0.3 is 5.97 Å². The van der Waals surface area contributed by atoms with E-state index in [0.717, 1.165) is 32.4 Å². The number of amides is 1. The van der Waals surface area contributed by atoms with E-state index in [9.17, 15) is 9.59 Å². The molecule has 0 aromatic rings. The fourth-order valence-electron chi connectivity index (χ4n) is 5.07. The number of hydrogen-bond acceptors (Lipinski definition) is 3. The molecule has 0 aromatic carbocycles. The summed E-state index contributed by atoms with van der Waals surface area (Å²) in [6.07, 6.45) is 34.6. The van der Waals surface area contributed by atoms with E-state index >= 15 is 0 Å². The number of carbonyl (C=O) groups is 2. The fourth-order valence-corrected chi connectivity index (χ4v) is 5.07. The maximum atomic E-state index is 11.7. The maximum Gasteiger partial charge on any atom is 0.306 e. The summed E-state index contributed by atoms with van der Waals surface area (Å²) in [5.74, 6) is 0.185. The van der Waals surface area contributed by atoms with Crippen LogP contribution in [0.5, 0.6) is 0 Å². The fraction of sp³-hybridized carbons (Fsp3) is 0.886. The van der Waals surface area contributed by atoms with Gasteiger partial charge in [0.1, 0.15) is 0 Å². The first kappa shape index (κ1) is 37.7. The number of nitrogens with zero attached hydrogens (tertiary/aromatic N) is 1. The van der Waals surface area contributed by atoms with Crippen LogP contribution in [0.25, 0.3) is 0 Å². The Kier molecular flexibility index (Phi) is 28.7. The van der Waals surface area contributed by atoms with Crippen LogP contribution in [-0.2, 0) is 14.3 Å². The lowest BCUT2D eigenvalue weighted by Crippen LogP contribution is -2.30. The van der Waals surface area contributed by atoms with E-state index in [1.54, 1.807) is 6.08 Å². The Bertz CT molecular complexity index is 572. The van der Waals surface area contributed by atoms with E-state index < -0.39 is 0 Å². The minimum Gasteiger partial charge on any atom is -0.463 e. The van der Waals surface area contributed by atoms with Gasteiger partial charge in [0.2, 0.25) is 5.91 Å². The quantitative estimate of drug-likeness (QED) is 0.0888. The van der Waals surface area contributed by atoms with E-state index in [4.69, 9.17) is 4.74 Å². The number of carbonyl (C=O) groups excluding carboxylic acids is 2. The third-order valence-corrected chi connectivity index (χ3v) is 7.50. The van der Waals surface area contributed by atoms with E-state index in [-0.39, 0.29) is 18.0 Å². The van der Waals surface area contributed by atoms with Crippen molar-refractivity contribution in [1.82, 2.24) is 4.90 Å². The second kappa shape index (κ2) is 29.7. The molecule has 1 rings (SSSR count). The Hall–Kier alpha value is -1.32. The third-order valence-electron chi connectivity index (χ3n) is 7.50. The molecule has 39 heavy (non-hydrogen) atoms. The Labute approximate surface area is 244 Å². The molecule has 4 heteroatoms. The van der Waals surface area contributed by atoms with Crippen LogP contribution in [0.1, 0.15) is 182 Å². The van der Waals surface area contributed by atoms with Crippen LogP contribution in [0, 0.1) is 0 Å². The standard InChI is InChI=1S/C18H33NO.C17H34O2/c1-2-3-4-5-6-7-8-9-10-13-16-19-17-14-11-12-15-18(19)20;1-4-5-6-7-8-9-10-11-12-13-14-15-17(18)19-16(2)3/h12,15H,2-11,13-14,16-17H2,1H3;16H,4-15H2,1-3H3. The van der Waals surface area contributed by atoms with Gasteiger partial charge < -0.3 is 9.64 Å². The zero-order valence-electron chi connectivity index (χ0n) is 26.8. The second-order valence-corrected chi connectivity index (χ2v) is 11.9. The van der Waals surface area contributed by atoms with Crippen molar-refractivity contribution < 1.29 is 14.3 Å². The average Bonchev–Trinajstić information content (AvgIpc) is 3.12. The summed E-state index contributed by atoms with van der Waals surface area (Å²) >= 11 is 0. The molecule has 1 heterocycles. The lowest BCUT2D eigenvalue weighted by atomic mass is 10.1. The molecule has 0 aliphatic carbocycles. The normalized spacial score (nSPS) is 13.4. The lowest BCUT2D eigenvalue weighted by Gasteiger charge is -2.19. The molecule has 0 saturated heterocycles. The zero-order valence-corrected chi connectivity index (χ0v) is 26.8. The average molecular weight is 550 g/mol. The molecule has 0 fully saturated rings. The molecular weight excluding hydrogens is 482 g/mol. The summed E-state index contributed by atoms with van der Waals surface area (Å²) in [5, 5.41) is 0. The number of ether oxygens (including phenoxy) is 1. The van der Waals surface area contributed by atoms with Gasteiger partial charge in [0, 0.05) is 19.5 Å². The van der Waals surface area contributed by atoms with Gasteiger partial charge in [-0.3, -0.25) is 9.59 Å². The molecular formula is C35H67NO3. The first-order valence-electron chi connectivity index (χ1n) is 17.2. The number of allylic oxidation sites excluding steroid dienone is 1. The van der Waals surface area contributed by atoms with Crippen molar-refractivity contribution in [2.45, 2.75) is 188 Å². The number of unbranched alkanes of at least 4 members (excludes halogenated alkanes) is 19. The highest BCUT2D eigenvalue weighted by Gasteiger charge is 2.11. The molecule has 1 aliphatic rings. The molecule has 0 bridgehead atoms. The zero-order chi connectivity index (χ0) is 28.8. The molecule has 0 radical (unpaired) electrons. The predicted octanol–water partition coefficient (Wildman–Crippen LogP) is 10.7. The maximum absolute atomic E-state index is 11.7. The van der Waals surface area contributed by atoms with Gasteiger partial charge in [-0.2, -0.15) is 0 Å². The van der Waals surface area contributed by atoms with Crippen molar-refractivity contribution in [2.75, 3.05) is 13.1 Å². The Morgan fingerprint density at radius 1 is 0.718 bits per heavy atom. The van der Waals surface area contributed by atoms with Gasteiger partial charge in [0.25, 0.3) is 0 Å². The Balaban J connectivity index is 0.000000742. The van der Waals surface area contributed by atoms with E-state index in [2.05, 4.69) is 13.8 Å². The van der Waals surface area contributed by atoms with Crippen molar-refractivity contribution in [3.05, 3.63) is 12.2 Å². The van der Waals surface area contributed by atoms with Crippen LogP contribution in [0.2, 0.25) is 0 Å². The highest BCUT2D eigenvalue weighted by Crippen LogP contribution is 2.13. The summed E-state index contributed by atoms with van der Waals surface area (Å²) in [5.41, 5.74) is 0. The van der Waals surface area contributed by atoms with Gasteiger partial charge in [0.05, 0.1) is 6.10 Å². The van der Waals surface area contributed by atoms with Crippen molar-refractivity contribution in [3.63, 3.8) is 0 Å². The predicted molar refractivity (Wildman–Crippen MR) is 169 cm³/mol. The highest BCUT2D eigenvalue weighted by molar-refractivity contribution is 5.87. The molecule has 230 valence electrons. The second-order valence-electron chi connectivity index (χ2n) is 11.9. The highest BCUT2D eigenvalue weighted by atomic mass is 16.5. The third kappa shape index (κ3) is 28.0. The van der Waals surface area contributed by atoms with Crippen LogP contribution in [0.15, 0.2) is 12.2 Å². The largest absolute Gasteiger partial charge is 0.463 e.